The molecule has 0 fully saturated rings. The smallest absolute Gasteiger partial charge is 0.170 e. The predicted molar refractivity (Wildman–Crippen MR) is 252 cm³/mol. The van der Waals surface area contributed by atoms with E-state index in [-0.39, 0.29) is 5.41 Å². The van der Waals surface area contributed by atoms with E-state index in [4.69, 9.17) is 9.47 Å². The van der Waals surface area contributed by atoms with Gasteiger partial charge in [-0.05, 0) is 118 Å². The fraction of sp³-hybridized carbons (Fsp3) is 0.119. The van der Waals surface area contributed by atoms with E-state index in [1.807, 2.05) is 0 Å². The lowest BCUT2D eigenvalue weighted by atomic mass is 9.64. The first-order chi connectivity index (χ1) is 30.7. The van der Waals surface area contributed by atoms with Crippen LogP contribution in [0, 0.1) is 23.7 Å². The lowest BCUT2D eigenvalue weighted by molar-refractivity contribution is 0.357. The van der Waals surface area contributed by atoms with Crippen LogP contribution in [0.1, 0.15) is 24.0 Å². The maximum atomic E-state index is 6.88. The van der Waals surface area contributed by atoms with Crippen molar-refractivity contribution in [3.8, 4) is 56.4 Å². The van der Waals surface area contributed by atoms with E-state index in [1.165, 1.54) is 39.0 Å². The Balaban J connectivity index is 0.876. The molecule has 0 amide bonds. The standard InChI is InChI=1S/C59H43NO2/c1-2-14-38(15-3-1)41-18-12-20-44(32-41)60(46-30-28-39-16-4-5-17-40(39)33-46)45-21-13-19-42(34-45)43-29-31-55-56(35-43)62-57-36-50-49-24-8-11-27-53(49)59(54(50)37-58(57)61-55)51-25-9-6-22-47(51)48-23-7-10-26-52(48)59/h1-6,8-22,24-37,39-40,47,51H,7,23H2. The van der Waals surface area contributed by atoms with Gasteiger partial charge in [0.05, 0.1) is 5.41 Å². The van der Waals surface area contributed by atoms with E-state index < -0.39 is 0 Å². The van der Waals surface area contributed by atoms with Crippen molar-refractivity contribution in [2.24, 2.45) is 23.7 Å². The van der Waals surface area contributed by atoms with Crippen molar-refractivity contribution >= 4 is 11.4 Å². The molecule has 62 heavy (non-hydrogen) atoms. The molecule has 3 nitrogen and oxygen atoms in total. The molecular formula is C59H43NO2. The second-order valence-electron chi connectivity index (χ2n) is 17.4. The molecule has 3 heteroatoms. The zero-order valence-corrected chi connectivity index (χ0v) is 34.2. The van der Waals surface area contributed by atoms with Gasteiger partial charge in [-0.2, -0.15) is 0 Å². The fourth-order valence-corrected chi connectivity index (χ4v) is 11.5. The van der Waals surface area contributed by atoms with Gasteiger partial charge in [0.1, 0.15) is 0 Å². The number of hydrogen-bond donors (Lipinski definition) is 0. The van der Waals surface area contributed by atoms with E-state index >= 15 is 0 Å². The second kappa shape index (κ2) is 13.8. The molecule has 5 atom stereocenters. The van der Waals surface area contributed by atoms with Gasteiger partial charge in [-0.15, -0.1) is 0 Å². The summed E-state index contributed by atoms with van der Waals surface area (Å²) in [6.45, 7) is 0. The Morgan fingerprint density at radius 1 is 0.500 bits per heavy atom. The molecule has 1 aliphatic heterocycles. The van der Waals surface area contributed by atoms with Gasteiger partial charge in [0.25, 0.3) is 0 Å². The van der Waals surface area contributed by atoms with Crippen molar-refractivity contribution < 1.29 is 9.47 Å². The first kappa shape index (κ1) is 35.4. The Morgan fingerprint density at radius 2 is 1.19 bits per heavy atom. The van der Waals surface area contributed by atoms with Crippen molar-refractivity contribution in [2.75, 3.05) is 4.90 Å². The predicted octanol–water partition coefficient (Wildman–Crippen LogP) is 15.2. The Bertz CT molecular complexity index is 3120. The van der Waals surface area contributed by atoms with E-state index in [1.54, 1.807) is 5.57 Å². The summed E-state index contributed by atoms with van der Waals surface area (Å²) in [6, 6.07) is 48.3. The molecule has 1 heterocycles. The summed E-state index contributed by atoms with van der Waals surface area (Å²) >= 11 is 0. The third-order valence-corrected chi connectivity index (χ3v) is 14.2. The van der Waals surface area contributed by atoms with Crippen molar-refractivity contribution in [3.63, 3.8) is 0 Å². The third-order valence-electron chi connectivity index (χ3n) is 14.2. The number of hydrogen-bond acceptors (Lipinski definition) is 3. The van der Waals surface area contributed by atoms with Gasteiger partial charge in [0, 0.05) is 40.7 Å². The normalized spacial score (nSPS) is 23.6. The highest BCUT2D eigenvalue weighted by atomic mass is 16.6. The Morgan fingerprint density at radius 3 is 2.06 bits per heavy atom. The Kier molecular flexibility index (Phi) is 7.90. The molecular weight excluding hydrogens is 755 g/mol. The summed E-state index contributed by atoms with van der Waals surface area (Å²) in [5.41, 5.74) is 15.9. The molecule has 0 bridgehead atoms. The first-order valence-electron chi connectivity index (χ1n) is 22.0. The van der Waals surface area contributed by atoms with Crippen LogP contribution in [-0.4, -0.2) is 0 Å². The van der Waals surface area contributed by atoms with E-state index in [0.717, 1.165) is 64.0 Å². The topological polar surface area (TPSA) is 21.7 Å². The number of allylic oxidation sites excluding steroid dienone is 15. The van der Waals surface area contributed by atoms with Gasteiger partial charge in [0.15, 0.2) is 23.0 Å². The van der Waals surface area contributed by atoms with Crippen LogP contribution in [0.25, 0.3) is 33.4 Å². The highest BCUT2D eigenvalue weighted by Gasteiger charge is 2.58. The average molecular weight is 798 g/mol. The lowest BCUT2D eigenvalue weighted by Gasteiger charge is -2.37. The average Bonchev–Trinajstić information content (AvgIpc) is 3.80. The van der Waals surface area contributed by atoms with Gasteiger partial charge in [-0.25, -0.2) is 0 Å². The summed E-state index contributed by atoms with van der Waals surface area (Å²) in [5, 5.41) is 0. The number of ether oxygens (including phenoxy) is 2. The number of fused-ring (bicyclic) bond motifs is 12. The molecule has 0 radical (unpaired) electrons. The number of rotatable bonds is 5. The molecule has 13 rings (SSSR count). The number of nitrogens with zero attached hydrogens (tertiary/aromatic N) is 1. The van der Waals surface area contributed by atoms with Crippen molar-refractivity contribution in [1.29, 1.82) is 0 Å². The van der Waals surface area contributed by atoms with Gasteiger partial charge in [0.2, 0.25) is 0 Å². The van der Waals surface area contributed by atoms with Crippen LogP contribution in [0.4, 0.5) is 11.4 Å². The zero-order chi connectivity index (χ0) is 40.8. The minimum atomic E-state index is -0.274. The van der Waals surface area contributed by atoms with Gasteiger partial charge in [-0.3, -0.25) is 0 Å². The number of anilines is 2. The van der Waals surface area contributed by atoms with Crippen LogP contribution in [-0.2, 0) is 5.41 Å². The quantitative estimate of drug-likeness (QED) is 0.173. The molecule has 6 aromatic carbocycles. The van der Waals surface area contributed by atoms with Crippen molar-refractivity contribution in [3.05, 3.63) is 240 Å². The molecule has 0 saturated heterocycles. The van der Waals surface area contributed by atoms with E-state index in [2.05, 4.69) is 217 Å². The molecule has 6 aromatic rings. The van der Waals surface area contributed by atoms with E-state index in [9.17, 15) is 0 Å². The molecule has 7 aliphatic rings. The molecule has 0 saturated carbocycles. The monoisotopic (exact) mass is 797 g/mol. The largest absolute Gasteiger partial charge is 0.450 e. The molecule has 6 aliphatic carbocycles. The maximum absolute atomic E-state index is 6.88. The van der Waals surface area contributed by atoms with Gasteiger partial charge < -0.3 is 14.4 Å². The summed E-state index contributed by atoms with van der Waals surface area (Å²) in [6.07, 6.45) is 32.3. The van der Waals surface area contributed by atoms with Crippen LogP contribution < -0.4 is 14.4 Å². The minimum absolute atomic E-state index is 0.274. The molecule has 0 N–H and O–H groups in total. The molecule has 5 unspecified atom stereocenters. The van der Waals surface area contributed by atoms with Crippen LogP contribution in [0.2, 0.25) is 0 Å². The Labute approximate surface area is 363 Å². The summed E-state index contributed by atoms with van der Waals surface area (Å²) in [5.74, 6) is 4.34. The Hall–Kier alpha value is -7.36. The first-order valence-corrected chi connectivity index (χ1v) is 22.0. The van der Waals surface area contributed by atoms with Crippen molar-refractivity contribution in [1.82, 2.24) is 0 Å². The zero-order valence-electron chi connectivity index (χ0n) is 34.2. The second-order valence-corrected chi connectivity index (χ2v) is 17.4. The minimum Gasteiger partial charge on any atom is -0.450 e. The van der Waals surface area contributed by atoms with Crippen LogP contribution >= 0.6 is 0 Å². The number of benzene rings is 6. The molecule has 0 aromatic heterocycles. The fourth-order valence-electron chi connectivity index (χ4n) is 11.5. The highest BCUT2D eigenvalue weighted by Crippen LogP contribution is 2.67. The lowest BCUT2D eigenvalue weighted by Crippen LogP contribution is -2.34. The van der Waals surface area contributed by atoms with Crippen LogP contribution in [0.5, 0.6) is 23.0 Å². The maximum Gasteiger partial charge on any atom is 0.170 e. The van der Waals surface area contributed by atoms with E-state index in [0.29, 0.717) is 23.7 Å². The summed E-state index contributed by atoms with van der Waals surface area (Å²) in [4.78, 5) is 2.39. The molecule has 1 spiro atoms. The molecule has 296 valence electrons. The SMILES string of the molecule is C1=CC2C=CC(N(c3cccc(-c4ccccc4)c3)c3cccc(-c4ccc5c(c4)Oc4cc6c(cc4O5)C4(C5=C(CCC=C5)C5C=CC=CC54)c4ccccc4-6)c3)=CC2C=C1. The van der Waals surface area contributed by atoms with Crippen molar-refractivity contribution in [2.45, 2.75) is 18.3 Å². The van der Waals surface area contributed by atoms with Gasteiger partial charge >= 0.3 is 0 Å². The summed E-state index contributed by atoms with van der Waals surface area (Å²) in [7, 11) is 0. The third kappa shape index (κ3) is 5.31. The van der Waals surface area contributed by atoms with Crippen LogP contribution in [0.3, 0.4) is 0 Å². The van der Waals surface area contributed by atoms with Gasteiger partial charge in [-0.1, -0.05) is 163 Å². The highest BCUT2D eigenvalue weighted by molar-refractivity contribution is 5.88. The summed E-state index contributed by atoms with van der Waals surface area (Å²) < 4.78 is 13.7. The van der Waals surface area contributed by atoms with Crippen LogP contribution in [0.15, 0.2) is 229 Å².